The standard InChI is InChI=1S/C21H38N2O2/c1-16(2)19(24)14-23-11-5-18(6-12-23)13-21-9-7-20(8-10-21,15-25-21)22-17(3)4/h16-18,22H,5-15H2,1-4H3. The number of likely N-dealkylation sites (tertiary alicyclic amines) is 1. The van der Waals surface area contributed by atoms with Crippen LogP contribution in [-0.2, 0) is 9.53 Å². The molecule has 0 aromatic rings. The molecule has 0 aromatic heterocycles. The van der Waals surface area contributed by atoms with Crippen LogP contribution in [-0.4, -0.2) is 54.1 Å². The molecule has 2 bridgehead atoms. The fraction of sp³-hybridized carbons (Fsp3) is 0.952. The van der Waals surface area contributed by atoms with Crippen LogP contribution in [0.15, 0.2) is 0 Å². The molecular formula is C21H38N2O2. The fourth-order valence-electron chi connectivity index (χ4n) is 5.10. The van der Waals surface area contributed by atoms with E-state index in [2.05, 4.69) is 24.1 Å². The van der Waals surface area contributed by atoms with E-state index in [0.717, 1.165) is 25.6 Å². The molecule has 0 aromatic carbocycles. The number of Topliss-reactive ketones (excluding diaryl/α,β-unsaturated/α-hetero) is 1. The maximum atomic E-state index is 12.0. The Morgan fingerprint density at radius 3 is 2.24 bits per heavy atom. The minimum atomic E-state index is 0.154. The smallest absolute Gasteiger partial charge is 0.149 e. The predicted octanol–water partition coefficient (Wildman–Crippen LogP) is 3.39. The second-order valence-electron chi connectivity index (χ2n) is 9.60. The summed E-state index contributed by atoms with van der Waals surface area (Å²) in [5, 5.41) is 3.77. The van der Waals surface area contributed by atoms with Gasteiger partial charge in [-0.2, -0.15) is 0 Å². The van der Waals surface area contributed by atoms with Crippen LogP contribution in [0.4, 0.5) is 0 Å². The third-order valence-corrected chi connectivity index (χ3v) is 6.76. The van der Waals surface area contributed by atoms with E-state index in [9.17, 15) is 4.79 Å². The van der Waals surface area contributed by atoms with E-state index in [1.807, 2.05) is 13.8 Å². The Hall–Kier alpha value is -0.450. The van der Waals surface area contributed by atoms with Gasteiger partial charge in [0.2, 0.25) is 0 Å². The van der Waals surface area contributed by atoms with Crippen molar-refractivity contribution in [3.05, 3.63) is 0 Å². The van der Waals surface area contributed by atoms with Gasteiger partial charge in [0.25, 0.3) is 0 Å². The topological polar surface area (TPSA) is 41.6 Å². The van der Waals surface area contributed by atoms with E-state index in [-0.39, 0.29) is 17.1 Å². The Bertz CT molecular complexity index is 442. The molecule has 0 amide bonds. The van der Waals surface area contributed by atoms with Gasteiger partial charge in [-0.1, -0.05) is 27.7 Å². The molecule has 0 atom stereocenters. The molecule has 3 saturated heterocycles. The van der Waals surface area contributed by atoms with Crippen LogP contribution in [0.25, 0.3) is 0 Å². The van der Waals surface area contributed by atoms with Crippen LogP contribution in [0, 0.1) is 11.8 Å². The summed E-state index contributed by atoms with van der Waals surface area (Å²) in [7, 11) is 0. The lowest BCUT2D eigenvalue weighted by Gasteiger charge is -2.55. The fourth-order valence-corrected chi connectivity index (χ4v) is 5.10. The van der Waals surface area contributed by atoms with Crippen molar-refractivity contribution in [1.82, 2.24) is 10.2 Å². The number of ketones is 1. The highest BCUT2D eigenvalue weighted by Crippen LogP contribution is 2.47. The number of carbonyl (C=O) groups is 1. The third kappa shape index (κ3) is 4.64. The van der Waals surface area contributed by atoms with Crippen molar-refractivity contribution < 1.29 is 9.53 Å². The Morgan fingerprint density at radius 2 is 1.76 bits per heavy atom. The quantitative estimate of drug-likeness (QED) is 0.764. The molecule has 0 radical (unpaired) electrons. The highest BCUT2D eigenvalue weighted by Gasteiger charge is 2.50. The van der Waals surface area contributed by atoms with Gasteiger partial charge in [-0.05, 0) is 64.0 Å². The summed E-state index contributed by atoms with van der Waals surface area (Å²) < 4.78 is 6.46. The first-order valence-corrected chi connectivity index (χ1v) is 10.5. The third-order valence-electron chi connectivity index (χ3n) is 6.76. The SMILES string of the molecule is CC(C)NC12CCC(CC3CCN(CC(=O)C(C)C)CC3)(CC1)OC2. The number of rotatable bonds is 7. The predicted molar refractivity (Wildman–Crippen MR) is 102 cm³/mol. The van der Waals surface area contributed by atoms with Gasteiger partial charge in [0.05, 0.1) is 18.8 Å². The van der Waals surface area contributed by atoms with Crippen molar-refractivity contribution in [3.63, 3.8) is 0 Å². The van der Waals surface area contributed by atoms with E-state index in [4.69, 9.17) is 4.74 Å². The molecule has 4 fully saturated rings. The van der Waals surface area contributed by atoms with E-state index in [0.29, 0.717) is 18.4 Å². The zero-order chi connectivity index (χ0) is 18.1. The number of fused-ring (bicyclic) bond motifs is 3. The van der Waals surface area contributed by atoms with Crippen LogP contribution in [0.3, 0.4) is 0 Å². The Labute approximate surface area is 154 Å². The molecule has 25 heavy (non-hydrogen) atoms. The zero-order valence-corrected chi connectivity index (χ0v) is 16.8. The number of nitrogens with one attached hydrogen (secondary N) is 1. The zero-order valence-electron chi connectivity index (χ0n) is 16.8. The molecule has 1 saturated carbocycles. The highest BCUT2D eigenvalue weighted by molar-refractivity contribution is 5.82. The molecular weight excluding hydrogens is 312 g/mol. The molecule has 0 spiro atoms. The van der Waals surface area contributed by atoms with Gasteiger partial charge in [0.15, 0.2) is 0 Å². The summed E-state index contributed by atoms with van der Waals surface area (Å²) in [5.74, 6) is 1.32. The molecule has 144 valence electrons. The molecule has 1 N–H and O–H groups in total. The number of hydrogen-bond donors (Lipinski definition) is 1. The Kier molecular flexibility index (Phi) is 5.92. The first-order chi connectivity index (χ1) is 11.8. The summed E-state index contributed by atoms with van der Waals surface area (Å²) in [6.07, 6.45) is 8.67. The van der Waals surface area contributed by atoms with Crippen LogP contribution >= 0.6 is 0 Å². The van der Waals surface area contributed by atoms with Crippen molar-refractivity contribution in [3.8, 4) is 0 Å². The number of hydrogen-bond acceptors (Lipinski definition) is 4. The summed E-state index contributed by atoms with van der Waals surface area (Å²) in [6, 6.07) is 0.534. The van der Waals surface area contributed by atoms with Crippen LogP contribution < -0.4 is 5.32 Å². The number of nitrogens with zero attached hydrogens (tertiary/aromatic N) is 1. The monoisotopic (exact) mass is 350 g/mol. The van der Waals surface area contributed by atoms with Crippen LogP contribution in [0.5, 0.6) is 0 Å². The maximum Gasteiger partial charge on any atom is 0.149 e. The number of ether oxygens (including phenoxy) is 1. The largest absolute Gasteiger partial charge is 0.373 e. The van der Waals surface area contributed by atoms with Gasteiger partial charge >= 0.3 is 0 Å². The van der Waals surface area contributed by atoms with Gasteiger partial charge in [-0.15, -0.1) is 0 Å². The average molecular weight is 351 g/mol. The van der Waals surface area contributed by atoms with E-state index in [1.54, 1.807) is 0 Å². The first kappa shape index (κ1) is 19.3. The lowest BCUT2D eigenvalue weighted by atomic mass is 9.67. The molecule has 4 heteroatoms. The summed E-state index contributed by atoms with van der Waals surface area (Å²) >= 11 is 0. The Balaban J connectivity index is 1.45. The lowest BCUT2D eigenvalue weighted by Crippen LogP contribution is -2.63. The minimum Gasteiger partial charge on any atom is -0.373 e. The van der Waals surface area contributed by atoms with Crippen molar-refractivity contribution in [1.29, 1.82) is 0 Å². The molecule has 4 aliphatic rings. The van der Waals surface area contributed by atoms with Crippen molar-refractivity contribution in [2.75, 3.05) is 26.2 Å². The second-order valence-corrected chi connectivity index (χ2v) is 9.60. The van der Waals surface area contributed by atoms with Gasteiger partial charge in [0.1, 0.15) is 5.78 Å². The van der Waals surface area contributed by atoms with Crippen molar-refractivity contribution >= 4 is 5.78 Å². The Morgan fingerprint density at radius 1 is 1.12 bits per heavy atom. The molecule has 1 aliphatic carbocycles. The summed E-state index contributed by atoms with van der Waals surface area (Å²) in [4.78, 5) is 14.3. The summed E-state index contributed by atoms with van der Waals surface area (Å²) in [6.45, 7) is 12.2. The average Bonchev–Trinajstić information content (AvgIpc) is 2.57. The van der Waals surface area contributed by atoms with Crippen LogP contribution in [0.1, 0.15) is 72.6 Å². The minimum absolute atomic E-state index is 0.154. The maximum absolute atomic E-state index is 12.0. The number of carbonyl (C=O) groups excluding carboxylic acids is 1. The summed E-state index contributed by atoms with van der Waals surface area (Å²) in [5.41, 5.74) is 0.400. The molecule has 0 unspecified atom stereocenters. The first-order valence-electron chi connectivity index (χ1n) is 10.5. The highest BCUT2D eigenvalue weighted by atomic mass is 16.5. The van der Waals surface area contributed by atoms with Gasteiger partial charge in [-0.3, -0.25) is 9.69 Å². The van der Waals surface area contributed by atoms with Crippen molar-refractivity contribution in [2.24, 2.45) is 11.8 Å². The van der Waals surface area contributed by atoms with Gasteiger partial charge < -0.3 is 10.1 Å². The van der Waals surface area contributed by atoms with Crippen LogP contribution in [0.2, 0.25) is 0 Å². The lowest BCUT2D eigenvalue weighted by molar-refractivity contribution is -0.174. The van der Waals surface area contributed by atoms with Crippen molar-refractivity contribution in [2.45, 2.75) is 89.8 Å². The molecule has 4 nitrogen and oxygen atoms in total. The van der Waals surface area contributed by atoms with E-state index >= 15 is 0 Å². The van der Waals surface area contributed by atoms with Gasteiger partial charge in [0, 0.05) is 17.5 Å². The number of piperidine rings is 1. The van der Waals surface area contributed by atoms with E-state index in [1.165, 1.54) is 44.9 Å². The molecule has 3 aliphatic heterocycles. The molecule has 3 heterocycles. The second kappa shape index (κ2) is 7.66. The van der Waals surface area contributed by atoms with Gasteiger partial charge in [-0.25, -0.2) is 0 Å². The normalized spacial score (nSPS) is 34.2. The van der Waals surface area contributed by atoms with E-state index < -0.39 is 0 Å². The molecule has 4 rings (SSSR count).